The Labute approximate surface area is 190 Å². The van der Waals surface area contributed by atoms with E-state index in [9.17, 15) is 8.42 Å². The number of piperidine rings is 1. The monoisotopic (exact) mass is 454 g/mol. The molecule has 4 rings (SSSR count). The van der Waals surface area contributed by atoms with Gasteiger partial charge in [0.05, 0.1) is 18.0 Å². The van der Waals surface area contributed by atoms with Crippen LogP contribution in [0.4, 0.5) is 11.5 Å². The predicted octanol–water partition coefficient (Wildman–Crippen LogP) is 4.53. The summed E-state index contributed by atoms with van der Waals surface area (Å²) in [5.74, 6) is 1.57. The van der Waals surface area contributed by atoms with E-state index in [4.69, 9.17) is 4.42 Å². The fourth-order valence-electron chi connectivity index (χ4n) is 4.17. The Morgan fingerprint density at radius 1 is 1.06 bits per heavy atom. The number of anilines is 2. The van der Waals surface area contributed by atoms with Gasteiger partial charge in [-0.1, -0.05) is 24.6 Å². The summed E-state index contributed by atoms with van der Waals surface area (Å²) in [7, 11) is -3.68. The maximum Gasteiger partial charge on any atom is 0.265 e. The van der Waals surface area contributed by atoms with E-state index in [2.05, 4.69) is 15.2 Å². The van der Waals surface area contributed by atoms with Crippen LogP contribution in [0.15, 0.2) is 76.4 Å². The normalized spacial score (nSPS) is 15.9. The first kappa shape index (κ1) is 22.4. The molecule has 2 aromatic heterocycles. The van der Waals surface area contributed by atoms with Gasteiger partial charge < -0.3 is 9.73 Å². The molecule has 0 saturated carbocycles. The minimum Gasteiger partial charge on any atom is -0.468 e. The van der Waals surface area contributed by atoms with E-state index in [0.717, 1.165) is 18.8 Å². The molecule has 0 spiro atoms. The van der Waals surface area contributed by atoms with Gasteiger partial charge in [-0.05, 0) is 69.3 Å². The van der Waals surface area contributed by atoms with Crippen molar-refractivity contribution in [2.75, 3.05) is 35.8 Å². The molecule has 1 aliphatic heterocycles. The molecule has 3 aromatic rings. The highest BCUT2D eigenvalue weighted by molar-refractivity contribution is 7.92. The molecule has 32 heavy (non-hydrogen) atoms. The Morgan fingerprint density at radius 3 is 2.47 bits per heavy atom. The maximum atomic E-state index is 13.1. The first-order valence-corrected chi connectivity index (χ1v) is 12.6. The van der Waals surface area contributed by atoms with E-state index in [-0.39, 0.29) is 10.9 Å². The lowest BCUT2D eigenvalue weighted by molar-refractivity contribution is 0.153. The molecule has 3 heterocycles. The minimum absolute atomic E-state index is 0.115. The molecule has 1 aliphatic rings. The summed E-state index contributed by atoms with van der Waals surface area (Å²) >= 11 is 0. The highest BCUT2D eigenvalue weighted by Gasteiger charge is 2.26. The number of sulfonamides is 1. The van der Waals surface area contributed by atoms with Crippen molar-refractivity contribution in [1.29, 1.82) is 0 Å². The van der Waals surface area contributed by atoms with Crippen LogP contribution < -0.4 is 9.62 Å². The average Bonchev–Trinajstić information content (AvgIpc) is 3.36. The summed E-state index contributed by atoms with van der Waals surface area (Å²) in [6.45, 7) is 4.89. The van der Waals surface area contributed by atoms with Gasteiger partial charge in [0.2, 0.25) is 0 Å². The van der Waals surface area contributed by atoms with Crippen molar-refractivity contribution in [1.82, 2.24) is 9.88 Å². The molecule has 0 radical (unpaired) electrons. The van der Waals surface area contributed by atoms with Crippen LogP contribution >= 0.6 is 0 Å². The fraction of sp³-hybridized carbons (Fsp3) is 0.375. The summed E-state index contributed by atoms with van der Waals surface area (Å²) in [4.78, 5) is 7.00. The summed E-state index contributed by atoms with van der Waals surface area (Å²) in [5, 5.41) is 3.36. The highest BCUT2D eigenvalue weighted by Crippen LogP contribution is 2.26. The average molecular weight is 455 g/mol. The summed E-state index contributed by atoms with van der Waals surface area (Å²) < 4.78 is 33.4. The topological polar surface area (TPSA) is 78.7 Å². The molecule has 0 amide bonds. The number of nitrogens with one attached hydrogen (secondary N) is 1. The van der Waals surface area contributed by atoms with E-state index >= 15 is 0 Å². The highest BCUT2D eigenvalue weighted by atomic mass is 32.2. The summed E-state index contributed by atoms with van der Waals surface area (Å²) in [6, 6.07) is 16.5. The van der Waals surface area contributed by atoms with Crippen LogP contribution in [0.1, 0.15) is 38.0 Å². The van der Waals surface area contributed by atoms with Crippen LogP contribution in [-0.2, 0) is 10.0 Å². The molecule has 0 aliphatic carbocycles. The second-order valence-corrected chi connectivity index (χ2v) is 9.76. The lowest BCUT2D eigenvalue weighted by Crippen LogP contribution is -2.37. The molecule has 1 saturated heterocycles. The van der Waals surface area contributed by atoms with Gasteiger partial charge in [0.15, 0.2) is 0 Å². The van der Waals surface area contributed by atoms with E-state index in [1.807, 2.05) is 37.3 Å². The second-order valence-electron chi connectivity index (χ2n) is 7.89. The van der Waals surface area contributed by atoms with Gasteiger partial charge in [-0.25, -0.2) is 13.4 Å². The van der Waals surface area contributed by atoms with Crippen molar-refractivity contribution in [2.45, 2.75) is 37.1 Å². The van der Waals surface area contributed by atoms with Crippen molar-refractivity contribution in [3.05, 3.63) is 72.8 Å². The summed E-state index contributed by atoms with van der Waals surface area (Å²) in [5.41, 5.74) is 0.639. The number of aromatic nitrogens is 1. The lowest BCUT2D eigenvalue weighted by Gasteiger charge is -2.33. The van der Waals surface area contributed by atoms with Crippen LogP contribution in [0.2, 0.25) is 0 Å². The van der Waals surface area contributed by atoms with Gasteiger partial charge >= 0.3 is 0 Å². The largest absolute Gasteiger partial charge is 0.468 e. The van der Waals surface area contributed by atoms with Crippen LogP contribution in [0.3, 0.4) is 0 Å². The predicted molar refractivity (Wildman–Crippen MR) is 126 cm³/mol. The molecule has 1 aromatic carbocycles. The number of rotatable bonds is 9. The van der Waals surface area contributed by atoms with Crippen LogP contribution in [0, 0.1) is 0 Å². The number of furan rings is 1. The molecular weight excluding hydrogens is 424 g/mol. The Morgan fingerprint density at radius 2 is 1.84 bits per heavy atom. The third-order valence-corrected chi connectivity index (χ3v) is 7.72. The van der Waals surface area contributed by atoms with E-state index in [0.29, 0.717) is 24.6 Å². The van der Waals surface area contributed by atoms with Crippen molar-refractivity contribution in [3.8, 4) is 0 Å². The molecular formula is C24H30N4O3S. The molecule has 1 N–H and O–H groups in total. The SMILES string of the molecule is CCN(c1ccccc1)S(=O)(=O)c1ccc(NCC(c2ccco2)N2CCCCC2)nc1. The van der Waals surface area contributed by atoms with E-state index in [1.165, 1.54) is 29.8 Å². The molecule has 7 nitrogen and oxygen atoms in total. The zero-order valence-corrected chi connectivity index (χ0v) is 19.2. The zero-order chi connectivity index (χ0) is 22.4. The minimum atomic E-state index is -3.68. The number of nitrogens with zero attached hydrogens (tertiary/aromatic N) is 3. The number of para-hydroxylation sites is 1. The maximum absolute atomic E-state index is 13.1. The Hall–Kier alpha value is -2.84. The zero-order valence-electron chi connectivity index (χ0n) is 18.4. The Balaban J connectivity index is 1.47. The van der Waals surface area contributed by atoms with Crippen molar-refractivity contribution < 1.29 is 12.8 Å². The van der Waals surface area contributed by atoms with Crippen molar-refractivity contribution >= 4 is 21.5 Å². The van der Waals surface area contributed by atoms with Gasteiger partial charge in [0, 0.05) is 19.3 Å². The van der Waals surface area contributed by atoms with Crippen LogP contribution in [0.5, 0.6) is 0 Å². The van der Waals surface area contributed by atoms with Crippen molar-refractivity contribution in [3.63, 3.8) is 0 Å². The third-order valence-electron chi connectivity index (χ3n) is 5.84. The van der Waals surface area contributed by atoms with E-state index < -0.39 is 10.0 Å². The van der Waals surface area contributed by atoms with Crippen LogP contribution in [0.25, 0.3) is 0 Å². The molecule has 1 atom stereocenters. The number of hydrogen-bond acceptors (Lipinski definition) is 6. The van der Waals surface area contributed by atoms with Gasteiger partial charge in [-0.2, -0.15) is 0 Å². The number of pyridine rings is 1. The first-order valence-electron chi connectivity index (χ1n) is 11.1. The molecule has 8 heteroatoms. The quantitative estimate of drug-likeness (QED) is 0.512. The fourth-order valence-corrected chi connectivity index (χ4v) is 5.59. The number of benzene rings is 1. The lowest BCUT2D eigenvalue weighted by atomic mass is 10.1. The molecule has 170 valence electrons. The van der Waals surface area contributed by atoms with E-state index in [1.54, 1.807) is 30.5 Å². The molecule has 1 unspecified atom stereocenters. The van der Waals surface area contributed by atoms with Gasteiger partial charge in [0.25, 0.3) is 10.0 Å². The molecule has 0 bridgehead atoms. The van der Waals surface area contributed by atoms with Gasteiger partial charge in [0.1, 0.15) is 16.5 Å². The van der Waals surface area contributed by atoms with Gasteiger partial charge in [-0.3, -0.25) is 9.21 Å². The van der Waals surface area contributed by atoms with Crippen LogP contribution in [-0.4, -0.2) is 44.5 Å². The first-order chi connectivity index (χ1) is 15.6. The number of likely N-dealkylation sites (tertiary alicyclic amines) is 1. The third kappa shape index (κ3) is 4.97. The van der Waals surface area contributed by atoms with Gasteiger partial charge in [-0.15, -0.1) is 0 Å². The molecule has 1 fully saturated rings. The van der Waals surface area contributed by atoms with Crippen molar-refractivity contribution in [2.24, 2.45) is 0 Å². The second kappa shape index (κ2) is 10.2. The Kier molecular flexibility index (Phi) is 7.12. The standard InChI is InChI=1S/C24H30N4O3S/c1-2-28(20-10-5-3-6-11-20)32(29,30)21-13-14-24(25-18-21)26-19-22(23-12-9-17-31-23)27-15-7-4-8-16-27/h3,5-6,9-14,17-18,22H,2,4,7-8,15-16,19H2,1H3,(H,25,26). The Bertz CT molecular complexity index is 1060. The smallest absolute Gasteiger partial charge is 0.265 e. The number of hydrogen-bond donors (Lipinski definition) is 1. The summed E-state index contributed by atoms with van der Waals surface area (Å²) in [6.07, 6.45) is 6.78.